The topological polar surface area (TPSA) is 57.5 Å². The Kier molecular flexibility index (Phi) is 5.67. The molecule has 3 aromatic carbocycles. The minimum absolute atomic E-state index is 0.174. The average molecular weight is 457 g/mol. The number of guanidine groups is 1. The van der Waals surface area contributed by atoms with Crippen molar-refractivity contribution in [3.05, 3.63) is 107 Å². The van der Waals surface area contributed by atoms with Gasteiger partial charge in [-0.3, -0.25) is 4.90 Å². The lowest BCUT2D eigenvalue weighted by molar-refractivity contribution is -0.135. The molecule has 0 N–H and O–H groups in total. The average Bonchev–Trinajstić information content (AvgIpc) is 3.25. The van der Waals surface area contributed by atoms with Crippen molar-refractivity contribution in [2.45, 2.75) is 13.0 Å². The summed E-state index contributed by atoms with van der Waals surface area (Å²) in [6, 6.07) is 26.9. The lowest BCUT2D eigenvalue weighted by Crippen LogP contribution is -2.44. The first-order chi connectivity index (χ1) is 16.2. The summed E-state index contributed by atoms with van der Waals surface area (Å²) in [6.07, 6.45) is 2.05. The van der Waals surface area contributed by atoms with Crippen molar-refractivity contribution in [2.75, 3.05) is 11.6 Å². The van der Waals surface area contributed by atoms with Crippen LogP contribution in [0.15, 0.2) is 101 Å². The predicted molar refractivity (Wildman–Crippen MR) is 131 cm³/mol. The van der Waals surface area contributed by atoms with Gasteiger partial charge in [0.05, 0.1) is 24.0 Å². The number of fused-ring (bicyclic) bond motifs is 1. The number of carbonyl (C=O) groups is 1. The third-order valence-electron chi connectivity index (χ3n) is 5.36. The van der Waals surface area contributed by atoms with E-state index in [4.69, 9.17) is 21.3 Å². The number of hydrogen-bond acceptors (Lipinski definition) is 6. The van der Waals surface area contributed by atoms with Crippen LogP contribution < -0.4 is 5.01 Å². The number of esters is 1. The van der Waals surface area contributed by atoms with Crippen LogP contribution in [-0.2, 0) is 9.53 Å². The molecule has 1 unspecified atom stereocenters. The fraction of sp³-hybridized carbons (Fsp3) is 0.115. The summed E-state index contributed by atoms with van der Waals surface area (Å²) < 4.78 is 5.34. The van der Waals surface area contributed by atoms with Crippen LogP contribution in [0.5, 0.6) is 0 Å². The second-order valence-corrected chi connectivity index (χ2v) is 7.93. The molecule has 0 radical (unpaired) electrons. The maximum Gasteiger partial charge on any atom is 0.376 e. The first kappa shape index (κ1) is 21.0. The first-order valence-electron chi connectivity index (χ1n) is 10.7. The van der Waals surface area contributed by atoms with E-state index in [9.17, 15) is 4.79 Å². The van der Waals surface area contributed by atoms with E-state index in [1.54, 1.807) is 24.1 Å². The molecule has 5 rings (SSSR count). The molecular formula is C26H21ClN4O2. The van der Waals surface area contributed by atoms with Crippen molar-refractivity contribution < 1.29 is 9.53 Å². The second kappa shape index (κ2) is 8.92. The highest BCUT2D eigenvalue weighted by Gasteiger charge is 2.43. The molecule has 2 heterocycles. The third-order valence-corrected chi connectivity index (χ3v) is 5.60. The van der Waals surface area contributed by atoms with E-state index in [1.165, 1.54) is 0 Å². The number of halogens is 1. The number of anilines is 1. The first-order valence-corrected chi connectivity index (χ1v) is 11.0. The Labute approximate surface area is 197 Å². The summed E-state index contributed by atoms with van der Waals surface area (Å²) in [7, 11) is 0. The molecule has 164 valence electrons. The lowest BCUT2D eigenvalue weighted by atomic mass is 10.0. The van der Waals surface area contributed by atoms with Crippen molar-refractivity contribution in [3.8, 4) is 0 Å². The zero-order valence-electron chi connectivity index (χ0n) is 17.9. The minimum Gasteiger partial charge on any atom is -0.460 e. The predicted octanol–water partition coefficient (Wildman–Crippen LogP) is 5.49. The molecular weight excluding hydrogens is 436 g/mol. The lowest BCUT2D eigenvalue weighted by Gasteiger charge is -2.32. The maximum absolute atomic E-state index is 12.9. The molecule has 0 bridgehead atoms. The van der Waals surface area contributed by atoms with Gasteiger partial charge in [-0.15, -0.1) is 5.10 Å². The smallest absolute Gasteiger partial charge is 0.376 e. The molecule has 3 aromatic rings. The Bertz CT molecular complexity index is 1270. The Morgan fingerprint density at radius 3 is 2.42 bits per heavy atom. The summed E-state index contributed by atoms with van der Waals surface area (Å²) in [6.45, 7) is 2.02. The summed E-state index contributed by atoms with van der Waals surface area (Å²) in [5.74, 6) is 0.176. The molecule has 2 aliphatic rings. The van der Waals surface area contributed by atoms with Crippen LogP contribution >= 0.6 is 11.6 Å². The Balaban J connectivity index is 1.69. The van der Waals surface area contributed by atoms with Crippen LogP contribution in [0.2, 0.25) is 5.02 Å². The number of benzene rings is 3. The third kappa shape index (κ3) is 4.01. The van der Waals surface area contributed by atoms with Crippen LogP contribution in [0.1, 0.15) is 24.1 Å². The molecule has 1 atom stereocenters. The van der Waals surface area contributed by atoms with Gasteiger partial charge in [-0.1, -0.05) is 78.3 Å². The summed E-state index contributed by atoms with van der Waals surface area (Å²) in [5.41, 5.74) is 3.47. The molecule has 0 fully saturated rings. The monoisotopic (exact) mass is 456 g/mol. The van der Waals surface area contributed by atoms with Crippen LogP contribution in [0.3, 0.4) is 0 Å². The van der Waals surface area contributed by atoms with Crippen molar-refractivity contribution in [3.63, 3.8) is 0 Å². The van der Waals surface area contributed by atoms with Crippen molar-refractivity contribution in [1.29, 1.82) is 0 Å². The highest BCUT2D eigenvalue weighted by Crippen LogP contribution is 2.38. The van der Waals surface area contributed by atoms with Gasteiger partial charge < -0.3 is 4.74 Å². The summed E-state index contributed by atoms with van der Waals surface area (Å²) in [4.78, 5) is 19.7. The molecule has 6 nitrogen and oxygen atoms in total. The number of hydrogen-bond donors (Lipinski definition) is 0. The molecule has 2 aliphatic heterocycles. The van der Waals surface area contributed by atoms with E-state index in [1.807, 2.05) is 83.8 Å². The summed E-state index contributed by atoms with van der Waals surface area (Å²) in [5, 5.41) is 6.85. The van der Waals surface area contributed by atoms with Crippen molar-refractivity contribution in [1.82, 2.24) is 4.90 Å². The van der Waals surface area contributed by atoms with Crippen LogP contribution in [0, 0.1) is 0 Å². The number of hydrazone groups is 1. The van der Waals surface area contributed by atoms with E-state index in [-0.39, 0.29) is 18.5 Å². The highest BCUT2D eigenvalue weighted by atomic mass is 35.5. The standard InChI is InChI=1S/C26H21ClN4O2/c1-2-33-25(32)24-29-31(21-15-9-14-20(27)16-21)26-28-22(18-10-5-3-6-11-18)17-23(30(24)26)19-12-7-4-8-13-19/h3-17,23H,2H2,1H3. The van der Waals surface area contributed by atoms with Gasteiger partial charge in [0, 0.05) is 10.6 Å². The molecule has 0 saturated carbocycles. The molecule has 0 saturated heterocycles. The minimum atomic E-state index is -0.507. The van der Waals surface area contributed by atoms with E-state index in [2.05, 4.69) is 5.10 Å². The van der Waals surface area contributed by atoms with Crippen molar-refractivity contribution >= 4 is 40.7 Å². The number of nitrogens with zero attached hydrogens (tertiary/aromatic N) is 4. The van der Waals surface area contributed by atoms with Gasteiger partial charge in [-0.2, -0.15) is 5.01 Å². The molecule has 0 aliphatic carbocycles. The Morgan fingerprint density at radius 2 is 1.73 bits per heavy atom. The van der Waals surface area contributed by atoms with Crippen molar-refractivity contribution in [2.24, 2.45) is 10.1 Å². The second-order valence-electron chi connectivity index (χ2n) is 7.49. The van der Waals surface area contributed by atoms with E-state index in [0.29, 0.717) is 16.7 Å². The highest BCUT2D eigenvalue weighted by molar-refractivity contribution is 6.41. The van der Waals surface area contributed by atoms with Gasteiger partial charge in [0.15, 0.2) is 0 Å². The summed E-state index contributed by atoms with van der Waals surface area (Å²) >= 11 is 6.26. The Morgan fingerprint density at radius 1 is 1.00 bits per heavy atom. The molecule has 0 aromatic heterocycles. The maximum atomic E-state index is 12.9. The Hall–Kier alpha value is -3.90. The SMILES string of the molecule is CCOC(=O)C1=NN(c2cccc(Cl)c2)C2=NC(c3ccccc3)=CC(c3ccccc3)N12. The number of carbonyl (C=O) groups excluding carboxylic acids is 1. The largest absolute Gasteiger partial charge is 0.460 e. The van der Waals surface area contributed by atoms with Crippen LogP contribution in [0.25, 0.3) is 5.70 Å². The van der Waals surface area contributed by atoms with E-state index < -0.39 is 5.97 Å². The fourth-order valence-electron chi connectivity index (χ4n) is 3.89. The molecule has 33 heavy (non-hydrogen) atoms. The number of rotatable bonds is 5. The van der Waals surface area contributed by atoms with Gasteiger partial charge in [0.1, 0.15) is 0 Å². The quantitative estimate of drug-likeness (QED) is 0.476. The van der Waals surface area contributed by atoms with Crippen LogP contribution in [-0.4, -0.2) is 29.3 Å². The zero-order chi connectivity index (χ0) is 22.8. The number of aliphatic imine (C=N–C) groups is 1. The van der Waals surface area contributed by atoms with E-state index >= 15 is 0 Å². The molecule has 0 spiro atoms. The zero-order valence-corrected chi connectivity index (χ0v) is 18.7. The van der Waals surface area contributed by atoms with Gasteiger partial charge in [0.2, 0.25) is 11.8 Å². The van der Waals surface area contributed by atoms with Gasteiger partial charge in [0.25, 0.3) is 0 Å². The number of ether oxygens (including phenoxy) is 1. The van der Waals surface area contributed by atoms with Gasteiger partial charge in [-0.05, 0) is 36.8 Å². The molecule has 0 amide bonds. The van der Waals surface area contributed by atoms with Gasteiger partial charge >= 0.3 is 5.97 Å². The van der Waals surface area contributed by atoms with E-state index in [0.717, 1.165) is 16.8 Å². The van der Waals surface area contributed by atoms with Crippen LogP contribution in [0.4, 0.5) is 5.69 Å². The molecule has 7 heteroatoms. The van der Waals surface area contributed by atoms with Gasteiger partial charge in [-0.25, -0.2) is 9.79 Å². The number of amidine groups is 1. The fourth-order valence-corrected chi connectivity index (χ4v) is 4.08. The normalized spacial score (nSPS) is 17.2.